The highest BCUT2D eigenvalue weighted by molar-refractivity contribution is 7.13. The summed E-state index contributed by atoms with van der Waals surface area (Å²) in [6.45, 7) is 0. The second-order valence-electron chi connectivity index (χ2n) is 5.28. The van der Waals surface area contributed by atoms with Crippen molar-refractivity contribution in [1.82, 2.24) is 14.8 Å². The van der Waals surface area contributed by atoms with Gasteiger partial charge in [-0.25, -0.2) is 0 Å². The molecule has 0 aliphatic rings. The number of benzene rings is 1. The molecule has 0 spiro atoms. The van der Waals surface area contributed by atoms with Crippen molar-refractivity contribution in [2.75, 3.05) is 12.4 Å². The molecule has 1 amide bonds. The minimum Gasteiger partial charge on any atom is -0.494 e. The Hall–Kier alpha value is -4.04. The van der Waals surface area contributed by atoms with Gasteiger partial charge in [-0.15, -0.1) is 10.2 Å². The first kappa shape index (κ1) is 18.7. The van der Waals surface area contributed by atoms with E-state index in [4.69, 9.17) is 4.74 Å². The molecular weight excluding hydrogens is 384 g/mol. The van der Waals surface area contributed by atoms with E-state index in [-0.39, 0.29) is 22.1 Å². The van der Waals surface area contributed by atoms with Crippen LogP contribution in [0.25, 0.3) is 11.8 Å². The molecular formula is C17H12N6O4S. The van der Waals surface area contributed by atoms with E-state index < -0.39 is 10.8 Å². The molecule has 140 valence electrons. The van der Waals surface area contributed by atoms with Crippen LogP contribution >= 0.6 is 11.3 Å². The Morgan fingerprint density at radius 2 is 2.29 bits per heavy atom. The number of rotatable bonds is 6. The molecule has 0 atom stereocenters. The Bertz CT molecular complexity index is 1100. The number of anilines is 1. The van der Waals surface area contributed by atoms with Gasteiger partial charge in [-0.3, -0.25) is 20.2 Å². The molecule has 3 aromatic rings. The number of nitrogens with one attached hydrogen (secondary N) is 1. The molecule has 0 radical (unpaired) electrons. The molecule has 0 saturated heterocycles. The van der Waals surface area contributed by atoms with E-state index in [9.17, 15) is 20.2 Å². The monoisotopic (exact) mass is 396 g/mol. The summed E-state index contributed by atoms with van der Waals surface area (Å²) in [5.74, 6) is -0.348. The second kappa shape index (κ2) is 8.11. The molecule has 11 heteroatoms. The van der Waals surface area contributed by atoms with E-state index in [1.54, 1.807) is 22.9 Å². The molecule has 0 aliphatic carbocycles. The van der Waals surface area contributed by atoms with Crippen LogP contribution in [0.15, 0.2) is 47.6 Å². The normalized spacial score (nSPS) is 10.9. The van der Waals surface area contributed by atoms with Gasteiger partial charge in [0.05, 0.1) is 23.8 Å². The lowest BCUT2D eigenvalue weighted by Gasteiger charge is -2.12. The van der Waals surface area contributed by atoms with Crippen LogP contribution in [0.1, 0.15) is 5.69 Å². The average Bonchev–Trinajstić information content (AvgIpc) is 3.37. The number of nitrogens with zero attached hydrogens (tertiary/aromatic N) is 5. The first-order valence-corrected chi connectivity index (χ1v) is 8.61. The third kappa shape index (κ3) is 3.87. The number of nitriles is 1. The van der Waals surface area contributed by atoms with Crippen LogP contribution in [-0.2, 0) is 4.79 Å². The standard InChI is InChI=1S/C17H12N6O4S/c1-27-15-8-13(23(25)26)4-5-14(15)22-6-2-3-12(22)7-11(9-18)16(24)20-17-21-19-10-28-17/h2-8,10H,1H3,(H,20,21,24)/b11-7-. The lowest BCUT2D eigenvalue weighted by atomic mass is 10.2. The van der Waals surface area contributed by atoms with Crippen LogP contribution in [-0.4, -0.2) is 32.7 Å². The summed E-state index contributed by atoms with van der Waals surface area (Å²) in [5, 5.41) is 30.4. The van der Waals surface area contributed by atoms with Crippen LogP contribution in [0.5, 0.6) is 5.75 Å². The highest BCUT2D eigenvalue weighted by Gasteiger charge is 2.16. The highest BCUT2D eigenvalue weighted by Crippen LogP contribution is 2.29. The second-order valence-corrected chi connectivity index (χ2v) is 6.12. The minimum atomic E-state index is -0.623. The van der Waals surface area contributed by atoms with Crippen molar-refractivity contribution in [3.8, 4) is 17.5 Å². The van der Waals surface area contributed by atoms with Crippen molar-refractivity contribution >= 4 is 34.1 Å². The van der Waals surface area contributed by atoms with Gasteiger partial charge in [-0.05, 0) is 24.3 Å². The number of amides is 1. The van der Waals surface area contributed by atoms with Gasteiger partial charge in [-0.2, -0.15) is 5.26 Å². The number of methoxy groups -OCH3 is 1. The summed E-state index contributed by atoms with van der Waals surface area (Å²) in [5.41, 5.74) is 2.23. The van der Waals surface area contributed by atoms with E-state index in [2.05, 4.69) is 15.5 Å². The fourth-order valence-corrected chi connectivity index (χ4v) is 2.84. The summed E-state index contributed by atoms with van der Waals surface area (Å²) in [7, 11) is 1.40. The predicted octanol–water partition coefficient (Wildman–Crippen LogP) is 2.79. The van der Waals surface area contributed by atoms with Crippen LogP contribution < -0.4 is 10.1 Å². The largest absolute Gasteiger partial charge is 0.494 e. The smallest absolute Gasteiger partial charge is 0.273 e. The van der Waals surface area contributed by atoms with E-state index in [0.29, 0.717) is 11.4 Å². The van der Waals surface area contributed by atoms with Crippen molar-refractivity contribution in [1.29, 1.82) is 5.26 Å². The number of aromatic nitrogens is 3. The fraction of sp³-hybridized carbons (Fsp3) is 0.0588. The number of hydrogen-bond donors (Lipinski definition) is 1. The molecule has 2 aromatic heterocycles. The van der Waals surface area contributed by atoms with Gasteiger partial charge in [0, 0.05) is 18.0 Å². The molecule has 28 heavy (non-hydrogen) atoms. The number of nitro benzene ring substituents is 1. The zero-order valence-corrected chi connectivity index (χ0v) is 15.2. The Balaban J connectivity index is 1.97. The predicted molar refractivity (Wildman–Crippen MR) is 101 cm³/mol. The lowest BCUT2D eigenvalue weighted by molar-refractivity contribution is -0.384. The number of carbonyl (C=O) groups excluding carboxylic acids is 1. The first-order chi connectivity index (χ1) is 13.5. The Morgan fingerprint density at radius 1 is 1.46 bits per heavy atom. The molecule has 0 aliphatic heterocycles. The quantitative estimate of drug-likeness (QED) is 0.293. The lowest BCUT2D eigenvalue weighted by Crippen LogP contribution is -2.13. The summed E-state index contributed by atoms with van der Waals surface area (Å²) in [4.78, 5) is 22.7. The van der Waals surface area contributed by atoms with Crippen molar-refractivity contribution < 1.29 is 14.5 Å². The highest BCUT2D eigenvalue weighted by atomic mass is 32.1. The van der Waals surface area contributed by atoms with Crippen molar-refractivity contribution in [2.24, 2.45) is 0 Å². The number of hydrogen-bond acceptors (Lipinski definition) is 8. The van der Waals surface area contributed by atoms with E-state index in [0.717, 1.165) is 11.3 Å². The van der Waals surface area contributed by atoms with E-state index in [1.165, 1.54) is 36.9 Å². The zero-order valence-electron chi connectivity index (χ0n) is 14.4. The third-order valence-electron chi connectivity index (χ3n) is 3.65. The van der Waals surface area contributed by atoms with Crippen molar-refractivity contribution in [3.63, 3.8) is 0 Å². The third-order valence-corrected chi connectivity index (χ3v) is 4.26. The van der Waals surface area contributed by atoms with Crippen molar-refractivity contribution in [2.45, 2.75) is 0 Å². The van der Waals surface area contributed by atoms with Crippen LogP contribution in [0.3, 0.4) is 0 Å². The van der Waals surface area contributed by atoms with Crippen LogP contribution in [0.2, 0.25) is 0 Å². The molecule has 0 saturated carbocycles. The van der Waals surface area contributed by atoms with Gasteiger partial charge in [-0.1, -0.05) is 11.3 Å². The Morgan fingerprint density at radius 3 is 2.93 bits per heavy atom. The zero-order chi connectivity index (χ0) is 20.1. The summed E-state index contributed by atoms with van der Waals surface area (Å²) in [6, 6.07) is 9.44. The van der Waals surface area contributed by atoms with Crippen LogP contribution in [0.4, 0.5) is 10.8 Å². The van der Waals surface area contributed by atoms with Gasteiger partial charge in [0.25, 0.3) is 11.6 Å². The summed E-state index contributed by atoms with van der Waals surface area (Å²) in [6.07, 6.45) is 3.09. The molecule has 10 nitrogen and oxygen atoms in total. The number of nitro groups is 1. The Labute approximate surface area is 162 Å². The molecule has 1 aromatic carbocycles. The average molecular weight is 396 g/mol. The maximum atomic E-state index is 12.3. The number of carbonyl (C=O) groups is 1. The SMILES string of the molecule is COc1cc([N+](=O)[O-])ccc1-n1cccc1/C=C(/C#N)C(=O)Nc1nncs1. The molecule has 2 heterocycles. The summed E-state index contributed by atoms with van der Waals surface area (Å²) < 4.78 is 6.91. The number of non-ortho nitro benzene ring substituents is 1. The van der Waals surface area contributed by atoms with Gasteiger partial charge >= 0.3 is 0 Å². The molecule has 0 fully saturated rings. The fourth-order valence-electron chi connectivity index (χ4n) is 2.40. The topological polar surface area (TPSA) is 136 Å². The van der Waals surface area contributed by atoms with Crippen LogP contribution in [0, 0.1) is 21.4 Å². The maximum Gasteiger partial charge on any atom is 0.273 e. The van der Waals surface area contributed by atoms with E-state index >= 15 is 0 Å². The maximum absolute atomic E-state index is 12.3. The first-order valence-electron chi connectivity index (χ1n) is 7.73. The van der Waals surface area contributed by atoms with Gasteiger partial charge in [0.2, 0.25) is 5.13 Å². The van der Waals surface area contributed by atoms with Gasteiger partial charge in [0.15, 0.2) is 0 Å². The van der Waals surface area contributed by atoms with Gasteiger partial charge in [0.1, 0.15) is 22.9 Å². The van der Waals surface area contributed by atoms with Gasteiger partial charge < -0.3 is 9.30 Å². The minimum absolute atomic E-state index is 0.112. The van der Waals surface area contributed by atoms with E-state index in [1.807, 2.05) is 6.07 Å². The molecule has 0 unspecified atom stereocenters. The number of ether oxygens (including phenoxy) is 1. The molecule has 1 N–H and O–H groups in total. The Kier molecular flexibility index (Phi) is 5.43. The molecule has 0 bridgehead atoms. The molecule has 3 rings (SSSR count). The summed E-state index contributed by atoms with van der Waals surface area (Å²) >= 11 is 1.13. The van der Waals surface area contributed by atoms with Crippen molar-refractivity contribution in [3.05, 3.63) is 63.4 Å².